The summed E-state index contributed by atoms with van der Waals surface area (Å²) in [6, 6.07) is 13.2. The van der Waals surface area contributed by atoms with Crippen LogP contribution in [-0.2, 0) is 16.3 Å². The zero-order valence-corrected chi connectivity index (χ0v) is 15.6. The molecule has 134 valence electrons. The Balaban J connectivity index is 1.72. The molecule has 2 aromatic carbocycles. The molecule has 0 aliphatic carbocycles. The number of benzene rings is 2. The molecule has 3 rings (SSSR count). The molecule has 1 heterocycles. The number of aromatic nitrogens is 1. The molecule has 3 nitrogen and oxygen atoms in total. The van der Waals surface area contributed by atoms with Gasteiger partial charge >= 0.3 is 0 Å². The summed E-state index contributed by atoms with van der Waals surface area (Å²) in [6.45, 7) is 1.33. The second kappa shape index (κ2) is 8.42. The molecule has 7 heteroatoms. The molecule has 0 spiro atoms. The SMILES string of the molecule is CC(=O)N(c1nc(CSCc2ccccc2)cs1)c1ccc(F)cc1F. The zero-order valence-electron chi connectivity index (χ0n) is 14.0. The molecule has 3 aromatic rings. The number of carbonyl (C=O) groups excluding carboxylic acids is 1. The molecular weight excluding hydrogens is 374 g/mol. The Morgan fingerprint density at radius 2 is 1.92 bits per heavy atom. The van der Waals surface area contributed by atoms with Crippen molar-refractivity contribution in [1.82, 2.24) is 4.98 Å². The summed E-state index contributed by atoms with van der Waals surface area (Å²) in [5.41, 5.74) is 2.04. The Bertz CT molecular complexity index is 900. The summed E-state index contributed by atoms with van der Waals surface area (Å²) in [7, 11) is 0. The Morgan fingerprint density at radius 1 is 1.15 bits per heavy atom. The molecule has 1 aromatic heterocycles. The number of rotatable bonds is 6. The number of hydrogen-bond acceptors (Lipinski definition) is 4. The zero-order chi connectivity index (χ0) is 18.5. The second-order valence-corrected chi connectivity index (χ2v) is 7.37. The third-order valence-electron chi connectivity index (χ3n) is 3.56. The molecule has 0 aliphatic rings. The van der Waals surface area contributed by atoms with Crippen LogP contribution in [0.1, 0.15) is 18.2 Å². The monoisotopic (exact) mass is 390 g/mol. The lowest BCUT2D eigenvalue weighted by atomic mass is 10.2. The van der Waals surface area contributed by atoms with Gasteiger partial charge in [0.15, 0.2) is 5.13 Å². The van der Waals surface area contributed by atoms with E-state index in [0.29, 0.717) is 10.9 Å². The third kappa shape index (κ3) is 4.47. The molecule has 0 bridgehead atoms. The van der Waals surface area contributed by atoms with Gasteiger partial charge in [-0.15, -0.1) is 11.3 Å². The fraction of sp³-hybridized carbons (Fsp3) is 0.158. The Kier molecular flexibility index (Phi) is 6.00. The molecule has 0 atom stereocenters. The minimum Gasteiger partial charge on any atom is -0.274 e. The van der Waals surface area contributed by atoms with Gasteiger partial charge in [0.25, 0.3) is 0 Å². The van der Waals surface area contributed by atoms with Gasteiger partial charge in [0.05, 0.1) is 11.4 Å². The van der Waals surface area contributed by atoms with Gasteiger partial charge in [0.2, 0.25) is 5.91 Å². The number of thiazole rings is 1. The average molecular weight is 390 g/mol. The van der Waals surface area contributed by atoms with Crippen molar-refractivity contribution in [2.75, 3.05) is 4.90 Å². The number of thioether (sulfide) groups is 1. The number of halogens is 2. The molecule has 0 unspecified atom stereocenters. The van der Waals surface area contributed by atoms with Crippen LogP contribution < -0.4 is 4.90 Å². The second-order valence-electron chi connectivity index (χ2n) is 5.55. The van der Waals surface area contributed by atoms with Gasteiger partial charge in [-0.2, -0.15) is 11.8 Å². The number of anilines is 2. The summed E-state index contributed by atoms with van der Waals surface area (Å²) in [5.74, 6) is -0.324. The fourth-order valence-electron chi connectivity index (χ4n) is 2.38. The standard InChI is InChI=1S/C19H16F2N2OS2/c1-13(24)23(18-8-7-15(20)9-17(18)21)19-22-16(12-26-19)11-25-10-14-5-3-2-4-6-14/h2-9,12H,10-11H2,1H3. The Labute approximate surface area is 158 Å². The van der Waals surface area contributed by atoms with Gasteiger partial charge < -0.3 is 0 Å². The predicted octanol–water partition coefficient (Wildman–Crippen LogP) is 5.54. The van der Waals surface area contributed by atoms with Crippen LogP contribution in [0, 0.1) is 11.6 Å². The van der Waals surface area contributed by atoms with Gasteiger partial charge in [0, 0.05) is 29.9 Å². The first kappa shape index (κ1) is 18.5. The van der Waals surface area contributed by atoms with E-state index in [2.05, 4.69) is 17.1 Å². The van der Waals surface area contributed by atoms with Crippen LogP contribution >= 0.6 is 23.1 Å². The lowest BCUT2D eigenvalue weighted by Gasteiger charge is -2.18. The summed E-state index contributed by atoms with van der Waals surface area (Å²) < 4.78 is 27.2. The van der Waals surface area contributed by atoms with E-state index in [1.807, 2.05) is 23.6 Å². The van der Waals surface area contributed by atoms with E-state index in [0.717, 1.165) is 23.6 Å². The van der Waals surface area contributed by atoms with E-state index in [-0.39, 0.29) is 11.6 Å². The van der Waals surface area contributed by atoms with E-state index in [4.69, 9.17) is 0 Å². The van der Waals surface area contributed by atoms with Crippen LogP contribution in [-0.4, -0.2) is 10.9 Å². The maximum Gasteiger partial charge on any atom is 0.230 e. The number of amides is 1. The van der Waals surface area contributed by atoms with E-state index < -0.39 is 11.6 Å². The van der Waals surface area contributed by atoms with Gasteiger partial charge in [-0.1, -0.05) is 30.3 Å². The molecule has 0 saturated heterocycles. The number of hydrogen-bond donors (Lipinski definition) is 0. The van der Waals surface area contributed by atoms with Crippen molar-refractivity contribution in [2.45, 2.75) is 18.4 Å². The minimum atomic E-state index is -0.796. The third-order valence-corrected chi connectivity index (χ3v) is 5.47. The smallest absolute Gasteiger partial charge is 0.230 e. The van der Waals surface area contributed by atoms with Crippen molar-refractivity contribution in [3.63, 3.8) is 0 Å². The van der Waals surface area contributed by atoms with Gasteiger partial charge in [-0.05, 0) is 17.7 Å². The van der Waals surface area contributed by atoms with Crippen LogP contribution in [0.4, 0.5) is 19.6 Å². The topological polar surface area (TPSA) is 33.2 Å². The summed E-state index contributed by atoms with van der Waals surface area (Å²) in [5, 5.41) is 2.23. The molecule has 0 aliphatic heterocycles. The molecule has 26 heavy (non-hydrogen) atoms. The lowest BCUT2D eigenvalue weighted by molar-refractivity contribution is -0.115. The van der Waals surface area contributed by atoms with Crippen LogP contribution in [0.25, 0.3) is 0 Å². The fourth-order valence-corrected chi connectivity index (χ4v) is 4.26. The molecule has 0 N–H and O–H groups in total. The first-order valence-electron chi connectivity index (χ1n) is 7.86. The van der Waals surface area contributed by atoms with Gasteiger partial charge in [-0.25, -0.2) is 13.8 Å². The van der Waals surface area contributed by atoms with Crippen molar-refractivity contribution in [3.8, 4) is 0 Å². The quantitative estimate of drug-likeness (QED) is 0.554. The molecule has 0 fully saturated rings. The highest BCUT2D eigenvalue weighted by molar-refractivity contribution is 7.97. The average Bonchev–Trinajstić information content (AvgIpc) is 3.06. The highest BCUT2D eigenvalue weighted by atomic mass is 32.2. The lowest BCUT2D eigenvalue weighted by Crippen LogP contribution is -2.23. The highest BCUT2D eigenvalue weighted by Gasteiger charge is 2.21. The Morgan fingerprint density at radius 3 is 2.62 bits per heavy atom. The van der Waals surface area contributed by atoms with Gasteiger partial charge in [0.1, 0.15) is 11.6 Å². The van der Waals surface area contributed by atoms with Crippen molar-refractivity contribution in [3.05, 3.63) is 76.8 Å². The van der Waals surface area contributed by atoms with Crippen molar-refractivity contribution in [1.29, 1.82) is 0 Å². The normalized spacial score (nSPS) is 10.7. The van der Waals surface area contributed by atoms with Crippen molar-refractivity contribution < 1.29 is 13.6 Å². The van der Waals surface area contributed by atoms with Crippen LogP contribution in [0.5, 0.6) is 0 Å². The van der Waals surface area contributed by atoms with E-state index in [1.54, 1.807) is 11.8 Å². The minimum absolute atomic E-state index is 0.00302. The van der Waals surface area contributed by atoms with Crippen molar-refractivity contribution in [2.24, 2.45) is 0 Å². The molecular formula is C19H16F2N2OS2. The number of nitrogens with zero attached hydrogens (tertiary/aromatic N) is 2. The van der Waals surface area contributed by atoms with Crippen LogP contribution in [0.15, 0.2) is 53.9 Å². The first-order valence-corrected chi connectivity index (χ1v) is 9.90. The largest absolute Gasteiger partial charge is 0.274 e. The van der Waals surface area contributed by atoms with E-state index >= 15 is 0 Å². The summed E-state index contributed by atoms with van der Waals surface area (Å²) in [6.07, 6.45) is 0. The van der Waals surface area contributed by atoms with E-state index in [1.165, 1.54) is 34.8 Å². The molecule has 0 radical (unpaired) electrons. The molecule has 1 amide bonds. The summed E-state index contributed by atoms with van der Waals surface area (Å²) >= 11 is 2.97. The summed E-state index contributed by atoms with van der Waals surface area (Å²) in [4.78, 5) is 17.6. The first-order chi connectivity index (χ1) is 12.5. The van der Waals surface area contributed by atoms with Crippen LogP contribution in [0.2, 0.25) is 0 Å². The number of carbonyl (C=O) groups is 1. The maximum absolute atomic E-state index is 14.1. The van der Waals surface area contributed by atoms with E-state index in [9.17, 15) is 13.6 Å². The maximum atomic E-state index is 14.1. The Hall–Kier alpha value is -2.25. The van der Waals surface area contributed by atoms with Gasteiger partial charge in [-0.3, -0.25) is 9.69 Å². The highest BCUT2D eigenvalue weighted by Crippen LogP contribution is 2.32. The van der Waals surface area contributed by atoms with Crippen LogP contribution in [0.3, 0.4) is 0 Å². The van der Waals surface area contributed by atoms with Crippen molar-refractivity contribution >= 4 is 39.8 Å². The molecule has 0 saturated carbocycles. The predicted molar refractivity (Wildman–Crippen MR) is 103 cm³/mol.